The van der Waals surface area contributed by atoms with Crippen molar-refractivity contribution in [2.75, 3.05) is 12.0 Å². The number of ketones is 1. The molecule has 1 aliphatic carbocycles. The Labute approximate surface area is 214 Å². The molecular formula is C27H30N4O4S. The molecule has 0 saturated carbocycles. The van der Waals surface area contributed by atoms with Gasteiger partial charge in [0.25, 0.3) is 5.69 Å². The van der Waals surface area contributed by atoms with Crippen molar-refractivity contribution in [3.63, 3.8) is 0 Å². The van der Waals surface area contributed by atoms with E-state index in [1.54, 1.807) is 28.4 Å². The van der Waals surface area contributed by atoms with Crippen LogP contribution < -0.4 is 15.4 Å². The molecule has 1 unspecified atom stereocenters. The molecule has 36 heavy (non-hydrogen) atoms. The Hall–Kier alpha value is -3.64. The lowest BCUT2D eigenvalue weighted by Gasteiger charge is -2.43. The fourth-order valence-corrected chi connectivity index (χ4v) is 6.24. The van der Waals surface area contributed by atoms with E-state index in [1.165, 1.54) is 18.1 Å². The monoisotopic (exact) mass is 506 g/mol. The van der Waals surface area contributed by atoms with Crippen LogP contribution in [-0.2, 0) is 11.2 Å². The van der Waals surface area contributed by atoms with Gasteiger partial charge in [-0.1, -0.05) is 27.2 Å². The molecular weight excluding hydrogens is 476 g/mol. The van der Waals surface area contributed by atoms with E-state index < -0.39 is 10.8 Å². The Morgan fingerprint density at radius 2 is 2.06 bits per heavy atom. The van der Waals surface area contributed by atoms with Crippen LogP contribution in [0.15, 0.2) is 53.0 Å². The number of nitrogens with two attached hydrogens (primary N) is 1. The summed E-state index contributed by atoms with van der Waals surface area (Å²) in [6.45, 7) is 6.13. The molecule has 9 heteroatoms. The quantitative estimate of drug-likeness (QED) is 0.364. The second-order valence-electron chi connectivity index (χ2n) is 10.00. The summed E-state index contributed by atoms with van der Waals surface area (Å²) in [6, 6.07) is 10.8. The van der Waals surface area contributed by atoms with Crippen molar-refractivity contribution in [1.82, 2.24) is 0 Å². The Morgan fingerprint density at radius 3 is 2.69 bits per heavy atom. The maximum absolute atomic E-state index is 13.7. The third kappa shape index (κ3) is 4.49. The van der Waals surface area contributed by atoms with Gasteiger partial charge < -0.3 is 10.5 Å². The van der Waals surface area contributed by atoms with Gasteiger partial charge in [0.2, 0.25) is 0 Å². The number of aryl methyl sites for hydroxylation is 1. The number of nitro groups is 1. The van der Waals surface area contributed by atoms with E-state index in [4.69, 9.17) is 10.5 Å². The lowest BCUT2D eigenvalue weighted by Crippen LogP contribution is -2.42. The number of hydrogen-bond donors (Lipinski definition) is 1. The van der Waals surface area contributed by atoms with E-state index in [0.717, 1.165) is 24.1 Å². The lowest BCUT2D eigenvalue weighted by molar-refractivity contribution is -0.384. The molecule has 8 nitrogen and oxygen atoms in total. The molecule has 1 aliphatic heterocycles. The van der Waals surface area contributed by atoms with Crippen LogP contribution in [0.5, 0.6) is 5.75 Å². The Balaban J connectivity index is 1.96. The number of nitro benzene ring substituents is 1. The Morgan fingerprint density at radius 1 is 1.31 bits per heavy atom. The van der Waals surface area contributed by atoms with Gasteiger partial charge >= 0.3 is 0 Å². The zero-order valence-electron chi connectivity index (χ0n) is 21.0. The van der Waals surface area contributed by atoms with Crippen molar-refractivity contribution in [2.45, 2.75) is 58.8 Å². The zero-order chi connectivity index (χ0) is 26.2. The summed E-state index contributed by atoms with van der Waals surface area (Å²) in [5.41, 5.74) is 7.63. The first-order valence-electron chi connectivity index (χ1n) is 12.0. The van der Waals surface area contributed by atoms with E-state index in [0.29, 0.717) is 29.9 Å². The van der Waals surface area contributed by atoms with Gasteiger partial charge in [-0.3, -0.25) is 19.8 Å². The van der Waals surface area contributed by atoms with Crippen LogP contribution in [0, 0.1) is 26.9 Å². The number of rotatable bonds is 7. The van der Waals surface area contributed by atoms with E-state index in [2.05, 4.69) is 19.1 Å². The van der Waals surface area contributed by atoms with Crippen LogP contribution in [0.1, 0.15) is 62.1 Å². The van der Waals surface area contributed by atoms with Crippen molar-refractivity contribution >= 4 is 28.5 Å². The molecule has 2 N–H and O–H groups in total. The molecule has 1 aromatic heterocycles. The smallest absolute Gasteiger partial charge is 0.296 e. The van der Waals surface area contributed by atoms with Crippen molar-refractivity contribution < 1.29 is 14.5 Å². The highest BCUT2D eigenvalue weighted by molar-refractivity contribution is 7.12. The topological polar surface area (TPSA) is 122 Å². The first-order chi connectivity index (χ1) is 17.1. The fourth-order valence-electron chi connectivity index (χ4n) is 5.07. The minimum Gasteiger partial charge on any atom is -0.496 e. The van der Waals surface area contributed by atoms with Gasteiger partial charge in [-0.05, 0) is 48.9 Å². The highest BCUT2D eigenvalue weighted by atomic mass is 32.1. The molecule has 0 fully saturated rings. The van der Waals surface area contributed by atoms with Crippen LogP contribution in [-0.4, -0.2) is 17.8 Å². The molecule has 1 atom stereocenters. The molecule has 0 amide bonds. The van der Waals surface area contributed by atoms with E-state index in [-0.39, 0.29) is 34.0 Å². The summed E-state index contributed by atoms with van der Waals surface area (Å²) >= 11 is 1.60. The first kappa shape index (κ1) is 25.5. The zero-order valence-corrected chi connectivity index (χ0v) is 21.8. The number of benzene rings is 1. The summed E-state index contributed by atoms with van der Waals surface area (Å²) in [4.78, 5) is 28.8. The molecule has 2 heterocycles. The summed E-state index contributed by atoms with van der Waals surface area (Å²) in [6.07, 6.45) is 3.88. The van der Waals surface area contributed by atoms with Gasteiger partial charge in [0, 0.05) is 27.4 Å². The van der Waals surface area contributed by atoms with Crippen LogP contribution >= 0.6 is 11.3 Å². The predicted octanol–water partition coefficient (Wildman–Crippen LogP) is 5.95. The number of carbonyl (C=O) groups excluding carboxylic acids is 1. The van der Waals surface area contributed by atoms with E-state index >= 15 is 0 Å². The highest BCUT2D eigenvalue weighted by Gasteiger charge is 2.46. The molecule has 2 aromatic rings. The number of nitrogens with zero attached hydrogens (tertiary/aromatic N) is 3. The second kappa shape index (κ2) is 9.78. The highest BCUT2D eigenvalue weighted by Crippen LogP contribution is 2.52. The standard InChI is InChI=1S/C27H30N4O4S/c1-5-6-7-17-9-11-23(36-17)24-18(15-28)26(29)30(21-13-27(2,3)14-22(32)25(21)24)19-10-8-16(35-4)12-20(19)31(33)34/h8-12,24H,5-7,13-14,29H2,1-4H3. The number of anilines is 1. The van der Waals surface area contributed by atoms with Crippen LogP contribution in [0.25, 0.3) is 0 Å². The van der Waals surface area contributed by atoms with Crippen molar-refractivity contribution in [3.05, 3.63) is 72.9 Å². The van der Waals surface area contributed by atoms with Crippen molar-refractivity contribution in [1.29, 1.82) is 5.26 Å². The van der Waals surface area contributed by atoms with E-state index in [1.807, 2.05) is 19.9 Å². The largest absolute Gasteiger partial charge is 0.496 e. The maximum Gasteiger partial charge on any atom is 0.296 e. The summed E-state index contributed by atoms with van der Waals surface area (Å²) in [5, 5.41) is 22.3. The first-order valence-corrected chi connectivity index (χ1v) is 12.8. The van der Waals surface area contributed by atoms with E-state index in [9.17, 15) is 20.2 Å². The predicted molar refractivity (Wildman–Crippen MR) is 140 cm³/mol. The number of unbranched alkanes of at least 4 members (excludes halogenated alkanes) is 1. The SMILES string of the molecule is CCCCc1ccc(C2C(C#N)=C(N)N(c3ccc(OC)cc3[N+](=O)[O-])C3=C2C(=O)CC(C)(C)C3)s1. The number of nitriles is 1. The summed E-state index contributed by atoms with van der Waals surface area (Å²) in [7, 11) is 1.44. The third-order valence-corrected chi connectivity index (χ3v) is 7.95. The molecule has 2 aliphatic rings. The van der Waals surface area contributed by atoms with Gasteiger partial charge in [-0.15, -0.1) is 11.3 Å². The minimum absolute atomic E-state index is 0.0591. The second-order valence-corrected chi connectivity index (χ2v) is 11.2. The molecule has 0 spiro atoms. The molecule has 0 saturated heterocycles. The van der Waals surface area contributed by atoms with Crippen LogP contribution in [0.2, 0.25) is 0 Å². The maximum atomic E-state index is 13.7. The molecule has 0 radical (unpaired) electrons. The average Bonchev–Trinajstić information content (AvgIpc) is 3.29. The molecule has 4 rings (SSSR count). The van der Waals surface area contributed by atoms with Gasteiger partial charge in [-0.25, -0.2) is 0 Å². The van der Waals surface area contributed by atoms with Gasteiger partial charge in [0.15, 0.2) is 5.78 Å². The molecule has 0 bridgehead atoms. The summed E-state index contributed by atoms with van der Waals surface area (Å²) < 4.78 is 5.20. The third-order valence-electron chi connectivity index (χ3n) is 6.74. The number of ether oxygens (including phenoxy) is 1. The number of hydrogen-bond acceptors (Lipinski definition) is 8. The summed E-state index contributed by atoms with van der Waals surface area (Å²) in [5.74, 6) is -0.196. The fraction of sp³-hybridized carbons (Fsp3) is 0.407. The Kier molecular flexibility index (Phi) is 6.92. The van der Waals surface area contributed by atoms with Gasteiger partial charge in [-0.2, -0.15) is 5.26 Å². The number of allylic oxidation sites excluding steroid dienone is 3. The van der Waals surface area contributed by atoms with Crippen molar-refractivity contribution in [2.24, 2.45) is 11.1 Å². The van der Waals surface area contributed by atoms with Gasteiger partial charge in [0.1, 0.15) is 17.3 Å². The van der Waals surface area contributed by atoms with Crippen molar-refractivity contribution in [3.8, 4) is 11.8 Å². The van der Waals surface area contributed by atoms with Crippen LogP contribution in [0.4, 0.5) is 11.4 Å². The van der Waals surface area contributed by atoms with Gasteiger partial charge in [0.05, 0.1) is 35.7 Å². The Bertz CT molecular complexity index is 1330. The van der Waals surface area contributed by atoms with Crippen LogP contribution in [0.3, 0.4) is 0 Å². The lowest BCUT2D eigenvalue weighted by atomic mass is 9.69. The number of carbonyl (C=O) groups is 1. The molecule has 1 aromatic carbocycles. The number of thiophene rings is 1. The molecule has 188 valence electrons. The minimum atomic E-state index is -0.581. The average molecular weight is 507 g/mol. The normalized spacial score (nSPS) is 19.2. The number of methoxy groups -OCH3 is 1. The number of Topliss-reactive ketones (excluding diaryl/α,β-unsaturated/α-hetero) is 1.